The monoisotopic (exact) mass is 244 g/mol. The number of aromatic carboxylic acids is 1. The average molecular weight is 244 g/mol. The molecule has 0 aliphatic rings. The predicted octanol–water partition coefficient (Wildman–Crippen LogP) is 2.79. The lowest BCUT2D eigenvalue weighted by Crippen LogP contribution is -1.97. The highest BCUT2D eigenvalue weighted by atomic mass is 32.1. The van der Waals surface area contributed by atoms with Gasteiger partial charge in [0.2, 0.25) is 0 Å². The fraction of sp³-hybridized carbons (Fsp3) is 0. The Hall–Kier alpha value is -2.14. The van der Waals surface area contributed by atoms with Gasteiger partial charge >= 0.3 is 5.97 Å². The molecule has 0 radical (unpaired) electrons. The average Bonchev–Trinajstić information content (AvgIpc) is 2.96. The summed E-state index contributed by atoms with van der Waals surface area (Å²) in [5, 5.41) is 16.9. The maximum atomic E-state index is 11.1. The largest absolute Gasteiger partial charge is 0.478 e. The van der Waals surface area contributed by atoms with E-state index in [1.165, 1.54) is 0 Å². The molecule has 0 bridgehead atoms. The third kappa shape index (κ3) is 1.52. The number of aromatic nitrogens is 2. The first-order valence-corrected chi connectivity index (χ1v) is 5.89. The second kappa shape index (κ2) is 3.71. The SMILES string of the molecule is O=C(O)c1cccc2c1cnn2-c1cccs1. The Morgan fingerprint density at radius 1 is 1.29 bits per heavy atom. The zero-order chi connectivity index (χ0) is 11.8. The number of thiophene rings is 1. The van der Waals surface area contributed by atoms with Crippen molar-refractivity contribution >= 4 is 28.2 Å². The van der Waals surface area contributed by atoms with Crippen LogP contribution >= 0.6 is 11.3 Å². The smallest absolute Gasteiger partial charge is 0.336 e. The zero-order valence-corrected chi connectivity index (χ0v) is 9.52. The summed E-state index contributed by atoms with van der Waals surface area (Å²) in [6.07, 6.45) is 1.60. The van der Waals surface area contributed by atoms with Gasteiger partial charge in [-0.25, -0.2) is 9.48 Å². The van der Waals surface area contributed by atoms with Gasteiger partial charge in [-0.05, 0) is 29.6 Å². The number of carbonyl (C=O) groups is 1. The Morgan fingerprint density at radius 3 is 2.88 bits per heavy atom. The van der Waals surface area contributed by atoms with Gasteiger partial charge in [0.25, 0.3) is 0 Å². The second-order valence-corrected chi connectivity index (χ2v) is 4.48. The molecule has 0 amide bonds. The first-order chi connectivity index (χ1) is 8.27. The number of carboxylic acids is 1. The Morgan fingerprint density at radius 2 is 2.18 bits per heavy atom. The van der Waals surface area contributed by atoms with Gasteiger partial charge in [0.05, 0.1) is 17.3 Å². The Labute approximate surface area is 101 Å². The molecular formula is C12H8N2O2S. The van der Waals surface area contributed by atoms with Gasteiger partial charge in [-0.2, -0.15) is 5.10 Å². The van der Waals surface area contributed by atoms with Crippen molar-refractivity contribution in [2.75, 3.05) is 0 Å². The highest BCUT2D eigenvalue weighted by Crippen LogP contribution is 2.23. The fourth-order valence-corrected chi connectivity index (χ4v) is 2.50. The van der Waals surface area contributed by atoms with Crippen molar-refractivity contribution in [1.82, 2.24) is 9.78 Å². The Kier molecular flexibility index (Phi) is 2.19. The number of benzene rings is 1. The maximum absolute atomic E-state index is 11.1. The summed E-state index contributed by atoms with van der Waals surface area (Å²) >= 11 is 1.56. The molecule has 0 saturated carbocycles. The molecule has 84 valence electrons. The minimum Gasteiger partial charge on any atom is -0.478 e. The minimum absolute atomic E-state index is 0.283. The molecule has 0 atom stereocenters. The third-order valence-electron chi connectivity index (χ3n) is 2.56. The van der Waals surface area contributed by atoms with Crippen LogP contribution in [0.1, 0.15) is 10.4 Å². The summed E-state index contributed by atoms with van der Waals surface area (Å²) in [4.78, 5) is 11.1. The minimum atomic E-state index is -0.929. The van der Waals surface area contributed by atoms with E-state index in [-0.39, 0.29) is 5.56 Å². The topological polar surface area (TPSA) is 55.1 Å². The Balaban J connectivity index is 2.31. The maximum Gasteiger partial charge on any atom is 0.336 e. The number of fused-ring (bicyclic) bond motifs is 1. The highest BCUT2D eigenvalue weighted by Gasteiger charge is 2.12. The molecular weight excluding hydrogens is 236 g/mol. The van der Waals surface area contributed by atoms with E-state index in [9.17, 15) is 4.79 Å². The third-order valence-corrected chi connectivity index (χ3v) is 3.40. The fourth-order valence-electron chi connectivity index (χ4n) is 1.80. The normalized spacial score (nSPS) is 10.8. The number of carboxylic acid groups (broad SMARTS) is 1. The van der Waals surface area contributed by atoms with Crippen LogP contribution < -0.4 is 0 Å². The van der Waals surface area contributed by atoms with E-state index in [0.717, 1.165) is 10.5 Å². The summed E-state index contributed by atoms with van der Waals surface area (Å²) in [7, 11) is 0. The van der Waals surface area contributed by atoms with Gasteiger partial charge in [0.1, 0.15) is 5.00 Å². The summed E-state index contributed by atoms with van der Waals surface area (Å²) in [5.74, 6) is -0.929. The zero-order valence-electron chi connectivity index (χ0n) is 8.70. The first-order valence-electron chi connectivity index (χ1n) is 5.01. The van der Waals surface area contributed by atoms with Gasteiger partial charge in [-0.3, -0.25) is 0 Å². The Bertz CT molecular complexity index is 686. The van der Waals surface area contributed by atoms with Crippen molar-refractivity contribution in [2.24, 2.45) is 0 Å². The number of hydrogen-bond acceptors (Lipinski definition) is 3. The van der Waals surface area contributed by atoms with E-state index in [2.05, 4.69) is 5.10 Å². The number of nitrogens with zero attached hydrogens (tertiary/aromatic N) is 2. The van der Waals surface area contributed by atoms with Crippen molar-refractivity contribution < 1.29 is 9.90 Å². The van der Waals surface area contributed by atoms with Crippen LogP contribution in [0.3, 0.4) is 0 Å². The van der Waals surface area contributed by atoms with Crippen molar-refractivity contribution in [3.63, 3.8) is 0 Å². The lowest BCUT2D eigenvalue weighted by Gasteiger charge is -2.00. The van der Waals surface area contributed by atoms with Crippen LogP contribution in [-0.2, 0) is 0 Å². The van der Waals surface area contributed by atoms with E-state index < -0.39 is 5.97 Å². The molecule has 17 heavy (non-hydrogen) atoms. The molecule has 0 aliphatic heterocycles. The molecule has 1 aromatic carbocycles. The molecule has 0 fully saturated rings. The second-order valence-electron chi connectivity index (χ2n) is 3.55. The summed E-state index contributed by atoms with van der Waals surface area (Å²) < 4.78 is 1.76. The molecule has 3 rings (SSSR count). The van der Waals surface area contributed by atoms with Crippen molar-refractivity contribution in [2.45, 2.75) is 0 Å². The number of rotatable bonds is 2. The molecule has 0 saturated heterocycles. The van der Waals surface area contributed by atoms with Crippen LogP contribution in [0.2, 0.25) is 0 Å². The standard InChI is InChI=1S/C12H8N2O2S/c15-12(16)8-3-1-4-10-9(8)7-13-14(10)11-5-2-6-17-11/h1-7H,(H,15,16). The highest BCUT2D eigenvalue weighted by molar-refractivity contribution is 7.12. The summed E-state index contributed by atoms with van der Waals surface area (Å²) in [6.45, 7) is 0. The van der Waals surface area contributed by atoms with E-state index in [0.29, 0.717) is 5.39 Å². The molecule has 0 unspecified atom stereocenters. The lowest BCUT2D eigenvalue weighted by atomic mass is 10.1. The van der Waals surface area contributed by atoms with Crippen LogP contribution in [0.4, 0.5) is 0 Å². The van der Waals surface area contributed by atoms with Crippen molar-refractivity contribution in [3.05, 3.63) is 47.5 Å². The predicted molar refractivity (Wildman–Crippen MR) is 65.9 cm³/mol. The van der Waals surface area contributed by atoms with Gasteiger partial charge in [-0.1, -0.05) is 6.07 Å². The molecule has 5 heteroatoms. The molecule has 0 aliphatic carbocycles. The van der Waals surface area contributed by atoms with E-state index in [1.807, 2.05) is 23.6 Å². The van der Waals surface area contributed by atoms with E-state index in [1.54, 1.807) is 34.3 Å². The van der Waals surface area contributed by atoms with Crippen LogP contribution in [-0.4, -0.2) is 20.9 Å². The summed E-state index contributed by atoms with van der Waals surface area (Å²) in [6, 6.07) is 9.08. The molecule has 1 N–H and O–H groups in total. The quantitative estimate of drug-likeness (QED) is 0.754. The van der Waals surface area contributed by atoms with Gasteiger partial charge < -0.3 is 5.11 Å². The van der Waals surface area contributed by atoms with Crippen LogP contribution in [0, 0.1) is 0 Å². The molecule has 3 aromatic rings. The van der Waals surface area contributed by atoms with Gasteiger partial charge in [0.15, 0.2) is 0 Å². The van der Waals surface area contributed by atoms with Crippen LogP contribution in [0.15, 0.2) is 41.9 Å². The van der Waals surface area contributed by atoms with Crippen LogP contribution in [0.25, 0.3) is 15.9 Å². The van der Waals surface area contributed by atoms with Gasteiger partial charge in [0, 0.05) is 5.39 Å². The van der Waals surface area contributed by atoms with Crippen LogP contribution in [0.5, 0.6) is 0 Å². The first kappa shape index (κ1) is 10.0. The molecule has 2 aromatic heterocycles. The summed E-state index contributed by atoms with van der Waals surface area (Å²) in [5.41, 5.74) is 1.10. The van der Waals surface area contributed by atoms with Crippen molar-refractivity contribution in [1.29, 1.82) is 0 Å². The van der Waals surface area contributed by atoms with E-state index in [4.69, 9.17) is 5.11 Å². The van der Waals surface area contributed by atoms with Gasteiger partial charge in [-0.15, -0.1) is 11.3 Å². The molecule has 2 heterocycles. The lowest BCUT2D eigenvalue weighted by molar-refractivity contribution is 0.0699. The number of hydrogen-bond donors (Lipinski definition) is 1. The molecule has 4 nitrogen and oxygen atoms in total. The van der Waals surface area contributed by atoms with E-state index >= 15 is 0 Å². The van der Waals surface area contributed by atoms with Crippen molar-refractivity contribution in [3.8, 4) is 5.00 Å². The molecule has 0 spiro atoms.